The molecule has 1 amide bonds. The Morgan fingerprint density at radius 3 is 2.18 bits per heavy atom. The lowest BCUT2D eigenvalue weighted by Crippen LogP contribution is -2.33. The maximum Gasteiger partial charge on any atom is 0.270 e. The van der Waals surface area contributed by atoms with E-state index in [0.717, 1.165) is 28.9 Å². The SMILES string of the molecule is CC[C@@H](C)NC(=O)c1cc(-c2ccccc2)nc2cc(-c3ccccc3)nn12. The number of aromatic nitrogens is 3. The number of benzene rings is 2. The Morgan fingerprint density at radius 2 is 1.57 bits per heavy atom. The van der Waals surface area contributed by atoms with E-state index in [9.17, 15) is 4.79 Å². The number of amides is 1. The third kappa shape index (κ3) is 3.51. The Morgan fingerprint density at radius 1 is 0.964 bits per heavy atom. The Balaban J connectivity index is 1.88. The highest BCUT2D eigenvalue weighted by Crippen LogP contribution is 2.24. The number of hydrogen-bond acceptors (Lipinski definition) is 3. The standard InChI is InChI=1S/C23H22N4O/c1-3-16(2)24-23(28)21-14-19(17-10-6-4-7-11-17)25-22-15-20(26-27(21)22)18-12-8-5-9-13-18/h4-16H,3H2,1-2H3,(H,24,28)/t16-/m1/s1. The van der Waals surface area contributed by atoms with Gasteiger partial charge in [0, 0.05) is 23.2 Å². The van der Waals surface area contributed by atoms with Crippen molar-refractivity contribution in [3.05, 3.63) is 78.5 Å². The summed E-state index contributed by atoms with van der Waals surface area (Å²) >= 11 is 0. The van der Waals surface area contributed by atoms with Crippen LogP contribution in [0.15, 0.2) is 72.8 Å². The van der Waals surface area contributed by atoms with Gasteiger partial charge in [0.05, 0.1) is 11.4 Å². The van der Waals surface area contributed by atoms with E-state index >= 15 is 0 Å². The van der Waals surface area contributed by atoms with Crippen LogP contribution in [0.3, 0.4) is 0 Å². The third-order valence-corrected chi connectivity index (χ3v) is 4.79. The van der Waals surface area contributed by atoms with Gasteiger partial charge in [0.15, 0.2) is 5.65 Å². The van der Waals surface area contributed by atoms with E-state index in [4.69, 9.17) is 4.98 Å². The van der Waals surface area contributed by atoms with Crippen molar-refractivity contribution in [2.45, 2.75) is 26.3 Å². The first-order valence-electron chi connectivity index (χ1n) is 9.48. The lowest BCUT2D eigenvalue weighted by atomic mass is 10.1. The van der Waals surface area contributed by atoms with Gasteiger partial charge in [-0.3, -0.25) is 4.79 Å². The second-order valence-corrected chi connectivity index (χ2v) is 6.84. The predicted molar refractivity (Wildman–Crippen MR) is 111 cm³/mol. The Labute approximate surface area is 164 Å². The molecule has 0 fully saturated rings. The second kappa shape index (κ2) is 7.64. The van der Waals surface area contributed by atoms with Crippen molar-refractivity contribution in [1.29, 1.82) is 0 Å². The van der Waals surface area contributed by atoms with Crippen molar-refractivity contribution in [2.75, 3.05) is 0 Å². The molecule has 0 saturated carbocycles. The quantitative estimate of drug-likeness (QED) is 0.559. The molecule has 5 nitrogen and oxygen atoms in total. The molecule has 2 aromatic heterocycles. The molecule has 0 bridgehead atoms. The van der Waals surface area contributed by atoms with E-state index in [2.05, 4.69) is 10.4 Å². The summed E-state index contributed by atoms with van der Waals surface area (Å²) in [4.78, 5) is 17.7. The van der Waals surface area contributed by atoms with Crippen molar-refractivity contribution >= 4 is 11.6 Å². The van der Waals surface area contributed by atoms with Crippen molar-refractivity contribution in [3.8, 4) is 22.5 Å². The Bertz CT molecular complexity index is 1100. The summed E-state index contributed by atoms with van der Waals surface area (Å²) in [5, 5.41) is 7.70. The lowest BCUT2D eigenvalue weighted by molar-refractivity contribution is 0.0931. The first-order valence-corrected chi connectivity index (χ1v) is 9.48. The van der Waals surface area contributed by atoms with E-state index in [1.807, 2.05) is 86.6 Å². The van der Waals surface area contributed by atoms with Crippen LogP contribution in [0.25, 0.3) is 28.2 Å². The van der Waals surface area contributed by atoms with Gasteiger partial charge in [-0.2, -0.15) is 5.10 Å². The van der Waals surface area contributed by atoms with Gasteiger partial charge in [-0.1, -0.05) is 67.6 Å². The van der Waals surface area contributed by atoms with Gasteiger partial charge in [0.1, 0.15) is 5.69 Å². The van der Waals surface area contributed by atoms with Crippen LogP contribution in [0, 0.1) is 0 Å². The highest BCUT2D eigenvalue weighted by atomic mass is 16.2. The van der Waals surface area contributed by atoms with Gasteiger partial charge in [-0.25, -0.2) is 9.50 Å². The van der Waals surface area contributed by atoms with Gasteiger partial charge in [0.25, 0.3) is 5.91 Å². The molecule has 140 valence electrons. The minimum Gasteiger partial charge on any atom is -0.348 e. The highest BCUT2D eigenvalue weighted by Gasteiger charge is 2.18. The van der Waals surface area contributed by atoms with Crippen molar-refractivity contribution in [1.82, 2.24) is 19.9 Å². The van der Waals surface area contributed by atoms with Crippen molar-refractivity contribution < 1.29 is 4.79 Å². The number of carbonyl (C=O) groups is 1. The summed E-state index contributed by atoms with van der Waals surface area (Å²) in [5.41, 5.74) is 4.62. The molecule has 0 radical (unpaired) electrons. The van der Waals surface area contributed by atoms with E-state index < -0.39 is 0 Å². The number of nitrogens with one attached hydrogen (secondary N) is 1. The van der Waals surface area contributed by atoms with Crippen LogP contribution in [0.4, 0.5) is 0 Å². The molecular formula is C23H22N4O. The molecule has 1 atom stereocenters. The molecule has 0 aliphatic carbocycles. The van der Waals surface area contributed by atoms with Crippen molar-refractivity contribution in [2.24, 2.45) is 0 Å². The van der Waals surface area contributed by atoms with Gasteiger partial charge >= 0.3 is 0 Å². The average Bonchev–Trinajstić information content (AvgIpc) is 3.18. The van der Waals surface area contributed by atoms with E-state index in [0.29, 0.717) is 11.3 Å². The molecule has 0 saturated heterocycles. The molecule has 0 aliphatic rings. The normalized spacial score (nSPS) is 12.1. The molecule has 2 aromatic carbocycles. The zero-order valence-corrected chi connectivity index (χ0v) is 16.0. The first-order chi connectivity index (χ1) is 13.7. The molecule has 4 aromatic rings. The van der Waals surface area contributed by atoms with Gasteiger partial charge < -0.3 is 5.32 Å². The number of nitrogens with zero attached hydrogens (tertiary/aromatic N) is 3. The number of carbonyl (C=O) groups excluding carboxylic acids is 1. The largest absolute Gasteiger partial charge is 0.348 e. The molecular weight excluding hydrogens is 348 g/mol. The first kappa shape index (κ1) is 17.9. The molecule has 0 aliphatic heterocycles. The van der Waals surface area contributed by atoms with Crippen LogP contribution < -0.4 is 5.32 Å². The zero-order valence-electron chi connectivity index (χ0n) is 16.0. The summed E-state index contributed by atoms with van der Waals surface area (Å²) in [6, 6.07) is 23.6. The fourth-order valence-electron chi connectivity index (χ4n) is 3.04. The lowest BCUT2D eigenvalue weighted by Gasteiger charge is -2.13. The van der Waals surface area contributed by atoms with E-state index in [1.54, 1.807) is 4.52 Å². The summed E-state index contributed by atoms with van der Waals surface area (Å²) in [7, 11) is 0. The fraction of sp³-hybridized carbons (Fsp3) is 0.174. The molecule has 0 unspecified atom stereocenters. The maximum absolute atomic E-state index is 13.0. The monoisotopic (exact) mass is 370 g/mol. The molecule has 28 heavy (non-hydrogen) atoms. The van der Waals surface area contributed by atoms with Crippen LogP contribution in [-0.2, 0) is 0 Å². The summed E-state index contributed by atoms with van der Waals surface area (Å²) in [5.74, 6) is -0.151. The van der Waals surface area contributed by atoms with Crippen LogP contribution in [0.5, 0.6) is 0 Å². The topological polar surface area (TPSA) is 59.3 Å². The fourth-order valence-corrected chi connectivity index (χ4v) is 3.04. The molecule has 5 heteroatoms. The summed E-state index contributed by atoms with van der Waals surface area (Å²) in [6.45, 7) is 4.04. The highest BCUT2D eigenvalue weighted by molar-refractivity contribution is 5.94. The predicted octanol–water partition coefficient (Wildman–Crippen LogP) is 4.59. The number of rotatable bonds is 5. The minimum absolute atomic E-state index is 0.0834. The molecule has 2 heterocycles. The maximum atomic E-state index is 13.0. The van der Waals surface area contributed by atoms with Gasteiger partial charge in [-0.05, 0) is 19.4 Å². The van der Waals surface area contributed by atoms with Crippen LogP contribution in [0.2, 0.25) is 0 Å². The summed E-state index contributed by atoms with van der Waals surface area (Å²) in [6.07, 6.45) is 0.861. The molecule has 1 N–H and O–H groups in total. The summed E-state index contributed by atoms with van der Waals surface area (Å²) < 4.78 is 1.63. The average molecular weight is 370 g/mol. The molecule has 0 spiro atoms. The third-order valence-electron chi connectivity index (χ3n) is 4.79. The van der Waals surface area contributed by atoms with E-state index in [1.165, 1.54) is 0 Å². The van der Waals surface area contributed by atoms with Gasteiger partial charge in [-0.15, -0.1) is 0 Å². The number of fused-ring (bicyclic) bond motifs is 1. The second-order valence-electron chi connectivity index (χ2n) is 6.84. The Hall–Kier alpha value is -3.47. The van der Waals surface area contributed by atoms with Crippen LogP contribution >= 0.6 is 0 Å². The van der Waals surface area contributed by atoms with E-state index in [-0.39, 0.29) is 11.9 Å². The molecule has 4 rings (SSSR count). The van der Waals surface area contributed by atoms with Crippen LogP contribution in [0.1, 0.15) is 30.8 Å². The number of hydrogen-bond donors (Lipinski definition) is 1. The van der Waals surface area contributed by atoms with Gasteiger partial charge in [0.2, 0.25) is 0 Å². The van der Waals surface area contributed by atoms with Crippen LogP contribution in [-0.4, -0.2) is 26.5 Å². The minimum atomic E-state index is -0.151. The zero-order chi connectivity index (χ0) is 19.5. The Kier molecular flexibility index (Phi) is 4.89. The smallest absolute Gasteiger partial charge is 0.270 e. The van der Waals surface area contributed by atoms with Crippen molar-refractivity contribution in [3.63, 3.8) is 0 Å².